The number of benzene rings is 2. The Bertz CT molecular complexity index is 947. The van der Waals surface area contributed by atoms with E-state index in [0.29, 0.717) is 22.8 Å². The Morgan fingerprint density at radius 3 is 2.08 bits per heavy atom. The Labute approximate surface area is 149 Å². The molecule has 0 aliphatic carbocycles. The first-order valence-electron chi connectivity index (χ1n) is 8.15. The number of rotatable bonds is 2. The Balaban J connectivity index is 1.60. The van der Waals surface area contributed by atoms with Crippen molar-refractivity contribution in [3.63, 3.8) is 0 Å². The van der Waals surface area contributed by atoms with Crippen molar-refractivity contribution < 1.29 is 18.7 Å². The van der Waals surface area contributed by atoms with Gasteiger partial charge in [-0.05, 0) is 25.1 Å². The number of fused-ring (bicyclic) bond motifs is 2. The molecule has 2 aromatic carbocycles. The predicted molar refractivity (Wildman–Crippen MR) is 93.9 cm³/mol. The third kappa shape index (κ3) is 2.71. The number of furan rings is 1. The van der Waals surface area contributed by atoms with E-state index in [-0.39, 0.29) is 5.91 Å². The van der Waals surface area contributed by atoms with Crippen molar-refractivity contribution >= 4 is 11.8 Å². The Morgan fingerprint density at radius 2 is 1.50 bits per heavy atom. The lowest BCUT2D eigenvalue weighted by Crippen LogP contribution is -2.44. The number of hydrogen-bond donors (Lipinski definition) is 2. The molecule has 4 rings (SSSR count). The van der Waals surface area contributed by atoms with Crippen LogP contribution in [0.15, 0.2) is 65.3 Å². The number of aryl methyl sites for hydroxylation is 1. The van der Waals surface area contributed by atoms with Gasteiger partial charge in [0, 0.05) is 11.1 Å². The summed E-state index contributed by atoms with van der Waals surface area (Å²) < 4.78 is 11.0. The zero-order chi connectivity index (χ0) is 18.1. The predicted octanol–water partition coefficient (Wildman–Crippen LogP) is 3.29. The van der Waals surface area contributed by atoms with E-state index in [4.69, 9.17) is 9.15 Å². The summed E-state index contributed by atoms with van der Waals surface area (Å²) in [5.41, 5.74) is 6.83. The minimum absolute atomic E-state index is 0.345. The number of carbonyl (C=O) groups excluding carboxylic acids is 2. The van der Waals surface area contributed by atoms with Crippen molar-refractivity contribution in [3.8, 4) is 11.5 Å². The Morgan fingerprint density at radius 1 is 0.885 bits per heavy atom. The summed E-state index contributed by atoms with van der Waals surface area (Å²) in [5, 5.41) is 0. The molecule has 0 atom stereocenters. The van der Waals surface area contributed by atoms with Crippen molar-refractivity contribution in [2.75, 3.05) is 0 Å². The van der Waals surface area contributed by atoms with Gasteiger partial charge in [-0.15, -0.1) is 0 Å². The van der Waals surface area contributed by atoms with Gasteiger partial charge in [0.2, 0.25) is 0 Å². The van der Waals surface area contributed by atoms with Crippen LogP contribution in [0.2, 0.25) is 0 Å². The molecule has 130 valence electrons. The molecule has 0 fully saturated rings. The average molecular weight is 348 g/mol. The maximum absolute atomic E-state index is 12.9. The van der Waals surface area contributed by atoms with Gasteiger partial charge >= 0.3 is 0 Å². The van der Waals surface area contributed by atoms with Crippen molar-refractivity contribution in [2.45, 2.75) is 12.8 Å². The maximum Gasteiger partial charge on any atom is 0.273 e. The number of hydrogen-bond acceptors (Lipinski definition) is 4. The summed E-state index contributed by atoms with van der Waals surface area (Å²) in [4.78, 5) is 25.1. The van der Waals surface area contributed by atoms with Crippen molar-refractivity contribution in [3.05, 3.63) is 83.3 Å². The van der Waals surface area contributed by atoms with Crippen LogP contribution in [0.4, 0.5) is 0 Å². The Kier molecular flexibility index (Phi) is 3.93. The highest BCUT2D eigenvalue weighted by Crippen LogP contribution is 2.43. The number of nitrogens with one attached hydrogen (secondary N) is 2. The van der Waals surface area contributed by atoms with Crippen LogP contribution in [0.25, 0.3) is 0 Å². The summed E-state index contributed by atoms with van der Waals surface area (Å²) in [6, 6.07) is 16.3. The highest BCUT2D eigenvalue weighted by atomic mass is 16.5. The molecular formula is C20H16N2O4. The van der Waals surface area contributed by atoms with Gasteiger partial charge in [-0.3, -0.25) is 20.4 Å². The lowest BCUT2D eigenvalue weighted by Gasteiger charge is -2.27. The fourth-order valence-corrected chi connectivity index (χ4v) is 3.07. The van der Waals surface area contributed by atoms with Crippen LogP contribution in [-0.2, 0) is 4.79 Å². The van der Waals surface area contributed by atoms with E-state index in [2.05, 4.69) is 10.9 Å². The van der Waals surface area contributed by atoms with Gasteiger partial charge < -0.3 is 9.15 Å². The number of para-hydroxylation sites is 2. The van der Waals surface area contributed by atoms with Crippen LogP contribution in [0.3, 0.4) is 0 Å². The largest absolute Gasteiger partial charge is 0.469 e. The lowest BCUT2D eigenvalue weighted by atomic mass is 9.87. The fraction of sp³-hybridized carbons (Fsp3) is 0.100. The van der Waals surface area contributed by atoms with E-state index in [1.165, 1.54) is 6.26 Å². The second-order valence-electron chi connectivity index (χ2n) is 5.94. The second-order valence-corrected chi connectivity index (χ2v) is 5.94. The van der Waals surface area contributed by atoms with E-state index < -0.39 is 11.8 Å². The highest BCUT2D eigenvalue weighted by Gasteiger charge is 2.32. The molecular weight excluding hydrogens is 332 g/mol. The molecule has 2 heterocycles. The smallest absolute Gasteiger partial charge is 0.273 e. The third-order valence-electron chi connectivity index (χ3n) is 4.34. The molecule has 6 heteroatoms. The van der Waals surface area contributed by atoms with Gasteiger partial charge in [0.15, 0.2) is 0 Å². The molecule has 0 saturated carbocycles. The van der Waals surface area contributed by atoms with Gasteiger partial charge in [-0.25, -0.2) is 0 Å². The minimum atomic E-state index is -0.582. The molecule has 0 radical (unpaired) electrons. The average Bonchev–Trinajstić information content (AvgIpc) is 3.10. The molecule has 1 aromatic heterocycles. The summed E-state index contributed by atoms with van der Waals surface area (Å²) in [7, 11) is 0. The van der Waals surface area contributed by atoms with Crippen molar-refractivity contribution in [1.29, 1.82) is 0 Å². The van der Waals surface area contributed by atoms with E-state index in [1.807, 2.05) is 48.5 Å². The van der Waals surface area contributed by atoms with Crippen LogP contribution >= 0.6 is 0 Å². The monoisotopic (exact) mass is 348 g/mol. The van der Waals surface area contributed by atoms with Crippen molar-refractivity contribution in [2.24, 2.45) is 0 Å². The SMILES string of the molecule is Cc1occc1C(=O)NNC(=O)C1c2ccccc2Oc2ccccc21. The fourth-order valence-electron chi connectivity index (χ4n) is 3.07. The number of ether oxygens (including phenoxy) is 1. The van der Waals surface area contributed by atoms with Crippen LogP contribution < -0.4 is 15.6 Å². The van der Waals surface area contributed by atoms with Gasteiger partial charge in [0.1, 0.15) is 17.3 Å². The van der Waals surface area contributed by atoms with E-state index in [0.717, 1.165) is 11.1 Å². The minimum Gasteiger partial charge on any atom is -0.469 e. The maximum atomic E-state index is 12.9. The molecule has 1 aliphatic rings. The summed E-state index contributed by atoms with van der Waals surface area (Å²) in [6.45, 7) is 1.68. The van der Waals surface area contributed by atoms with Crippen molar-refractivity contribution in [1.82, 2.24) is 10.9 Å². The molecule has 0 unspecified atom stereocenters. The first-order chi connectivity index (χ1) is 12.6. The lowest BCUT2D eigenvalue weighted by molar-refractivity contribution is -0.122. The van der Waals surface area contributed by atoms with Gasteiger partial charge in [0.25, 0.3) is 11.8 Å². The molecule has 0 spiro atoms. The first kappa shape index (κ1) is 16.0. The summed E-state index contributed by atoms with van der Waals surface area (Å²) in [6.07, 6.45) is 1.43. The highest BCUT2D eigenvalue weighted by molar-refractivity contribution is 5.97. The number of amides is 2. The van der Waals surface area contributed by atoms with E-state index in [1.54, 1.807) is 13.0 Å². The topological polar surface area (TPSA) is 80.6 Å². The molecule has 0 bridgehead atoms. The molecule has 0 saturated heterocycles. The Hall–Kier alpha value is -3.54. The standard InChI is InChI=1S/C20H16N2O4/c1-12-13(10-11-25-12)19(23)21-22-20(24)18-14-6-2-4-8-16(14)26-17-9-5-3-7-15(17)18/h2-11,18H,1H3,(H,21,23)(H,22,24). The van der Waals surface area contributed by atoms with E-state index >= 15 is 0 Å². The van der Waals surface area contributed by atoms with Crippen LogP contribution in [0, 0.1) is 6.92 Å². The third-order valence-corrected chi connectivity index (χ3v) is 4.34. The molecule has 2 N–H and O–H groups in total. The quantitative estimate of drug-likeness (QED) is 0.697. The molecule has 1 aliphatic heterocycles. The number of carbonyl (C=O) groups is 2. The van der Waals surface area contributed by atoms with Crippen LogP contribution in [0.5, 0.6) is 11.5 Å². The van der Waals surface area contributed by atoms with Gasteiger partial charge in [0.05, 0.1) is 17.7 Å². The van der Waals surface area contributed by atoms with Crippen LogP contribution in [0.1, 0.15) is 33.2 Å². The van der Waals surface area contributed by atoms with E-state index in [9.17, 15) is 9.59 Å². The first-order valence-corrected chi connectivity index (χ1v) is 8.15. The summed E-state index contributed by atoms with van der Waals surface area (Å²) in [5.74, 6) is 0.382. The van der Waals surface area contributed by atoms with Crippen LogP contribution in [-0.4, -0.2) is 11.8 Å². The zero-order valence-electron chi connectivity index (χ0n) is 14.0. The molecule has 3 aromatic rings. The van der Waals surface area contributed by atoms with Gasteiger partial charge in [-0.2, -0.15) is 0 Å². The number of hydrazine groups is 1. The second kappa shape index (κ2) is 6.40. The van der Waals surface area contributed by atoms with Gasteiger partial charge in [-0.1, -0.05) is 36.4 Å². The molecule has 6 nitrogen and oxygen atoms in total. The normalized spacial score (nSPS) is 12.5. The molecule has 26 heavy (non-hydrogen) atoms. The summed E-state index contributed by atoms with van der Waals surface area (Å²) >= 11 is 0. The zero-order valence-corrected chi connectivity index (χ0v) is 14.0. The molecule has 2 amide bonds.